The first-order valence-electron chi connectivity index (χ1n) is 8.81. The highest BCUT2D eigenvalue weighted by atomic mass is 19.4. The van der Waals surface area contributed by atoms with E-state index in [4.69, 9.17) is 4.74 Å². The SMILES string of the molecule is CC(C)(C)OC(=O)NC[C@H]1CCCCN1Cc1nccn1CC(F)(F)F. The van der Waals surface area contributed by atoms with Gasteiger partial charge in [0, 0.05) is 25.0 Å². The third kappa shape index (κ3) is 6.86. The summed E-state index contributed by atoms with van der Waals surface area (Å²) in [4.78, 5) is 18.0. The van der Waals surface area contributed by atoms with Crippen molar-refractivity contribution < 1.29 is 22.7 Å². The van der Waals surface area contributed by atoms with Crippen LogP contribution < -0.4 is 5.32 Å². The Hall–Kier alpha value is -1.77. The van der Waals surface area contributed by atoms with Crippen LogP contribution in [0.3, 0.4) is 0 Å². The Balaban J connectivity index is 1.95. The van der Waals surface area contributed by atoms with E-state index in [1.807, 2.05) is 0 Å². The zero-order valence-electron chi connectivity index (χ0n) is 15.5. The molecule has 1 atom stereocenters. The predicted molar refractivity (Wildman–Crippen MR) is 90.6 cm³/mol. The summed E-state index contributed by atoms with van der Waals surface area (Å²) < 4.78 is 44.4. The second-order valence-electron chi connectivity index (χ2n) is 7.59. The van der Waals surface area contributed by atoms with Gasteiger partial charge in [-0.05, 0) is 40.2 Å². The Labute approximate surface area is 151 Å². The molecule has 26 heavy (non-hydrogen) atoms. The lowest BCUT2D eigenvalue weighted by atomic mass is 10.0. The van der Waals surface area contributed by atoms with E-state index in [1.54, 1.807) is 20.8 Å². The average molecular weight is 376 g/mol. The van der Waals surface area contributed by atoms with Crippen LogP contribution in [0.1, 0.15) is 45.9 Å². The first kappa shape index (κ1) is 20.5. The van der Waals surface area contributed by atoms with Gasteiger partial charge in [-0.15, -0.1) is 0 Å². The summed E-state index contributed by atoms with van der Waals surface area (Å²) in [5, 5.41) is 2.76. The van der Waals surface area contributed by atoms with Crippen LogP contribution in [0.5, 0.6) is 0 Å². The molecule has 9 heteroatoms. The van der Waals surface area contributed by atoms with E-state index >= 15 is 0 Å². The normalized spacial score (nSPS) is 19.4. The Kier molecular flexibility index (Phi) is 6.54. The number of nitrogens with zero attached hydrogens (tertiary/aromatic N) is 3. The molecular weight excluding hydrogens is 349 g/mol. The van der Waals surface area contributed by atoms with E-state index in [1.165, 1.54) is 12.4 Å². The second kappa shape index (κ2) is 8.28. The molecule has 1 aliphatic heterocycles. The highest BCUT2D eigenvalue weighted by molar-refractivity contribution is 5.67. The number of ether oxygens (including phenoxy) is 1. The van der Waals surface area contributed by atoms with Crippen molar-refractivity contribution in [2.75, 3.05) is 13.1 Å². The van der Waals surface area contributed by atoms with E-state index in [9.17, 15) is 18.0 Å². The Morgan fingerprint density at radius 1 is 1.35 bits per heavy atom. The number of amides is 1. The number of piperidine rings is 1. The van der Waals surface area contributed by atoms with Crippen LogP contribution in [0.2, 0.25) is 0 Å². The van der Waals surface area contributed by atoms with Gasteiger partial charge >= 0.3 is 12.3 Å². The molecule has 2 heterocycles. The first-order valence-corrected chi connectivity index (χ1v) is 8.81. The van der Waals surface area contributed by atoms with Crippen molar-refractivity contribution in [1.29, 1.82) is 0 Å². The van der Waals surface area contributed by atoms with E-state index in [-0.39, 0.29) is 6.04 Å². The lowest BCUT2D eigenvalue weighted by Gasteiger charge is -2.35. The minimum Gasteiger partial charge on any atom is -0.444 e. The molecule has 1 saturated heterocycles. The zero-order chi connectivity index (χ0) is 19.4. The number of aromatic nitrogens is 2. The van der Waals surface area contributed by atoms with Gasteiger partial charge in [-0.1, -0.05) is 6.42 Å². The van der Waals surface area contributed by atoms with Crippen molar-refractivity contribution in [1.82, 2.24) is 19.8 Å². The number of likely N-dealkylation sites (tertiary alicyclic amines) is 1. The van der Waals surface area contributed by atoms with Crippen molar-refractivity contribution >= 4 is 6.09 Å². The van der Waals surface area contributed by atoms with Gasteiger partial charge in [0.1, 0.15) is 18.0 Å². The number of hydrogen-bond acceptors (Lipinski definition) is 4. The number of alkyl carbamates (subject to hydrolysis) is 1. The molecule has 1 amide bonds. The van der Waals surface area contributed by atoms with Crippen LogP contribution in [0.25, 0.3) is 0 Å². The number of imidazole rings is 1. The Morgan fingerprint density at radius 2 is 2.08 bits per heavy atom. The number of carbonyl (C=O) groups excluding carboxylic acids is 1. The fourth-order valence-corrected chi connectivity index (χ4v) is 3.03. The molecule has 0 bridgehead atoms. The third-order valence-corrected chi connectivity index (χ3v) is 4.13. The number of rotatable bonds is 5. The maximum Gasteiger partial charge on any atom is 0.407 e. The fourth-order valence-electron chi connectivity index (χ4n) is 3.03. The monoisotopic (exact) mass is 376 g/mol. The van der Waals surface area contributed by atoms with E-state index in [0.29, 0.717) is 18.9 Å². The standard InChI is InChI=1S/C17H27F3N4O2/c1-16(2,3)26-15(25)22-10-13-6-4-5-8-23(13)11-14-21-7-9-24(14)12-17(18,19)20/h7,9,13H,4-6,8,10-12H2,1-3H3,(H,22,25)/t13-/m1/s1. The quantitative estimate of drug-likeness (QED) is 0.856. The molecule has 6 nitrogen and oxygen atoms in total. The molecule has 2 rings (SSSR count). The van der Waals surface area contributed by atoms with Crippen molar-refractivity contribution in [3.8, 4) is 0 Å². The van der Waals surface area contributed by atoms with Crippen molar-refractivity contribution in [2.24, 2.45) is 0 Å². The smallest absolute Gasteiger partial charge is 0.407 e. The third-order valence-electron chi connectivity index (χ3n) is 4.13. The maximum atomic E-state index is 12.7. The number of alkyl halides is 3. The first-order chi connectivity index (χ1) is 12.0. The predicted octanol–water partition coefficient (Wildman–Crippen LogP) is 3.32. The van der Waals surface area contributed by atoms with Crippen LogP contribution in [-0.4, -0.2) is 51.5 Å². The molecule has 1 aromatic heterocycles. The van der Waals surface area contributed by atoms with Crippen molar-refractivity contribution in [3.05, 3.63) is 18.2 Å². The van der Waals surface area contributed by atoms with Crippen LogP contribution in [-0.2, 0) is 17.8 Å². The molecule has 0 unspecified atom stereocenters. The van der Waals surface area contributed by atoms with E-state index in [0.717, 1.165) is 30.4 Å². The van der Waals surface area contributed by atoms with Crippen LogP contribution in [0.4, 0.5) is 18.0 Å². The van der Waals surface area contributed by atoms with E-state index in [2.05, 4.69) is 15.2 Å². The van der Waals surface area contributed by atoms with Gasteiger partial charge in [-0.25, -0.2) is 9.78 Å². The number of hydrogen-bond donors (Lipinski definition) is 1. The number of halogens is 3. The molecular formula is C17H27F3N4O2. The summed E-state index contributed by atoms with van der Waals surface area (Å²) in [5.74, 6) is 0.381. The van der Waals surface area contributed by atoms with Gasteiger partial charge in [0.15, 0.2) is 0 Å². The number of nitrogens with one attached hydrogen (secondary N) is 1. The van der Waals surface area contributed by atoms with E-state index < -0.39 is 24.4 Å². The summed E-state index contributed by atoms with van der Waals surface area (Å²) in [7, 11) is 0. The van der Waals surface area contributed by atoms with Crippen LogP contribution in [0, 0.1) is 0 Å². The average Bonchev–Trinajstić information content (AvgIpc) is 2.89. The molecule has 0 aliphatic carbocycles. The highest BCUT2D eigenvalue weighted by Crippen LogP contribution is 2.22. The molecule has 1 aliphatic rings. The van der Waals surface area contributed by atoms with Gasteiger partial charge < -0.3 is 14.6 Å². The number of carbonyl (C=O) groups is 1. The molecule has 148 valence electrons. The summed E-state index contributed by atoms with van der Waals surface area (Å²) >= 11 is 0. The highest BCUT2D eigenvalue weighted by Gasteiger charge is 2.30. The minimum absolute atomic E-state index is 0.0484. The zero-order valence-corrected chi connectivity index (χ0v) is 15.5. The van der Waals surface area contributed by atoms with Gasteiger partial charge in [0.25, 0.3) is 0 Å². The summed E-state index contributed by atoms with van der Waals surface area (Å²) in [6.07, 6.45) is 0.836. The van der Waals surface area contributed by atoms with Gasteiger partial charge in [-0.2, -0.15) is 13.2 Å². The molecule has 0 aromatic carbocycles. The summed E-state index contributed by atoms with van der Waals surface area (Å²) in [6, 6.07) is 0.0484. The Morgan fingerprint density at radius 3 is 2.73 bits per heavy atom. The minimum atomic E-state index is -4.28. The topological polar surface area (TPSA) is 59.4 Å². The largest absolute Gasteiger partial charge is 0.444 e. The van der Waals surface area contributed by atoms with Crippen molar-refractivity contribution in [3.63, 3.8) is 0 Å². The molecule has 1 N–H and O–H groups in total. The molecule has 0 saturated carbocycles. The fraction of sp³-hybridized carbons (Fsp3) is 0.765. The van der Waals surface area contributed by atoms with Crippen LogP contribution >= 0.6 is 0 Å². The molecule has 1 fully saturated rings. The Bertz CT molecular complexity index is 596. The second-order valence-corrected chi connectivity index (χ2v) is 7.59. The van der Waals surface area contributed by atoms with Crippen molar-refractivity contribution in [2.45, 2.75) is 70.9 Å². The molecule has 0 spiro atoms. The summed E-state index contributed by atoms with van der Waals surface area (Å²) in [6.45, 7) is 5.81. The molecule has 1 aromatic rings. The van der Waals surface area contributed by atoms with Gasteiger partial charge in [0.2, 0.25) is 0 Å². The lowest BCUT2D eigenvalue weighted by Crippen LogP contribution is -2.47. The lowest BCUT2D eigenvalue weighted by molar-refractivity contribution is -0.141. The van der Waals surface area contributed by atoms with Gasteiger partial charge in [0.05, 0.1) is 6.54 Å². The van der Waals surface area contributed by atoms with Gasteiger partial charge in [-0.3, -0.25) is 4.90 Å². The maximum absolute atomic E-state index is 12.7. The summed E-state index contributed by atoms with van der Waals surface area (Å²) in [5.41, 5.74) is -0.571. The van der Waals surface area contributed by atoms with Crippen LogP contribution in [0.15, 0.2) is 12.4 Å². The molecule has 0 radical (unpaired) electrons.